The van der Waals surface area contributed by atoms with E-state index in [0.717, 1.165) is 0 Å². The fourth-order valence-electron chi connectivity index (χ4n) is 0.719. The smallest absolute Gasteiger partial charge is 0.126 e. The van der Waals surface area contributed by atoms with Crippen LogP contribution in [0.15, 0.2) is 4.42 Å². The van der Waals surface area contributed by atoms with Crippen molar-refractivity contribution in [1.29, 1.82) is 0 Å². The summed E-state index contributed by atoms with van der Waals surface area (Å²) in [6.45, 7) is 3.58. The van der Waals surface area contributed by atoms with Crippen molar-refractivity contribution in [2.24, 2.45) is 0 Å². The first kappa shape index (κ1) is 6.01. The number of furan rings is 1. The van der Waals surface area contributed by atoms with E-state index in [-0.39, 0.29) is 0 Å². The van der Waals surface area contributed by atoms with Gasteiger partial charge >= 0.3 is 0 Å². The van der Waals surface area contributed by atoms with Crippen LogP contribution in [0.4, 0.5) is 11.4 Å². The van der Waals surface area contributed by atoms with Crippen LogP contribution in [0.25, 0.3) is 0 Å². The van der Waals surface area contributed by atoms with Crippen molar-refractivity contribution < 1.29 is 4.42 Å². The molecule has 0 aliphatic rings. The van der Waals surface area contributed by atoms with E-state index in [1.54, 1.807) is 13.8 Å². The van der Waals surface area contributed by atoms with Gasteiger partial charge in [0.2, 0.25) is 0 Å². The predicted octanol–water partition coefficient (Wildman–Crippen LogP) is 1.06. The summed E-state index contributed by atoms with van der Waals surface area (Å²) in [4.78, 5) is 0. The second kappa shape index (κ2) is 1.69. The van der Waals surface area contributed by atoms with Crippen LogP contribution in [0.1, 0.15) is 11.5 Å². The van der Waals surface area contributed by atoms with Crippen LogP contribution in [-0.2, 0) is 0 Å². The Morgan fingerprint density at radius 2 is 1.33 bits per heavy atom. The van der Waals surface area contributed by atoms with Gasteiger partial charge in [-0.3, -0.25) is 0 Å². The molecule has 0 atom stereocenters. The van der Waals surface area contributed by atoms with E-state index >= 15 is 0 Å². The Hall–Kier alpha value is -1.12. The molecular formula is C6H10N2O. The number of hydrogen-bond acceptors (Lipinski definition) is 3. The van der Waals surface area contributed by atoms with E-state index in [9.17, 15) is 0 Å². The van der Waals surface area contributed by atoms with Gasteiger partial charge in [-0.2, -0.15) is 0 Å². The number of anilines is 2. The third-order valence-electron chi connectivity index (χ3n) is 1.35. The van der Waals surface area contributed by atoms with Crippen molar-refractivity contribution in [1.82, 2.24) is 0 Å². The summed E-state index contributed by atoms with van der Waals surface area (Å²) in [5.41, 5.74) is 12.1. The molecule has 1 aromatic rings. The van der Waals surface area contributed by atoms with Gasteiger partial charge in [-0.25, -0.2) is 0 Å². The van der Waals surface area contributed by atoms with Gasteiger partial charge in [0.05, 0.1) is 11.4 Å². The number of nitrogens with two attached hydrogens (primary N) is 2. The zero-order valence-electron chi connectivity index (χ0n) is 5.56. The molecule has 0 saturated heterocycles. The van der Waals surface area contributed by atoms with E-state index in [1.807, 2.05) is 0 Å². The molecule has 1 heterocycles. The molecule has 50 valence electrons. The highest BCUT2D eigenvalue weighted by atomic mass is 16.3. The summed E-state index contributed by atoms with van der Waals surface area (Å²) in [5, 5.41) is 0. The summed E-state index contributed by atoms with van der Waals surface area (Å²) >= 11 is 0. The van der Waals surface area contributed by atoms with Crippen molar-refractivity contribution in [2.45, 2.75) is 13.8 Å². The van der Waals surface area contributed by atoms with Crippen LogP contribution >= 0.6 is 0 Å². The van der Waals surface area contributed by atoms with Gasteiger partial charge in [0.1, 0.15) is 11.5 Å². The summed E-state index contributed by atoms with van der Waals surface area (Å²) < 4.78 is 5.09. The molecule has 0 unspecified atom stereocenters. The molecule has 3 heteroatoms. The first-order valence-corrected chi connectivity index (χ1v) is 2.74. The highest BCUT2D eigenvalue weighted by Crippen LogP contribution is 2.25. The minimum atomic E-state index is 0.563. The second-order valence-electron chi connectivity index (χ2n) is 2.04. The van der Waals surface area contributed by atoms with Gasteiger partial charge in [-0.05, 0) is 13.8 Å². The largest absolute Gasteiger partial charge is 0.462 e. The number of nitrogen functional groups attached to an aromatic ring is 2. The average Bonchev–Trinajstić information content (AvgIpc) is 1.98. The van der Waals surface area contributed by atoms with E-state index in [0.29, 0.717) is 22.9 Å². The van der Waals surface area contributed by atoms with Gasteiger partial charge in [0, 0.05) is 0 Å². The van der Waals surface area contributed by atoms with Crippen LogP contribution in [-0.4, -0.2) is 0 Å². The molecule has 3 nitrogen and oxygen atoms in total. The van der Waals surface area contributed by atoms with Crippen LogP contribution in [0, 0.1) is 13.8 Å². The first-order valence-electron chi connectivity index (χ1n) is 2.74. The van der Waals surface area contributed by atoms with Gasteiger partial charge < -0.3 is 15.9 Å². The minimum absolute atomic E-state index is 0.563. The van der Waals surface area contributed by atoms with E-state index in [1.165, 1.54) is 0 Å². The normalized spacial score (nSPS) is 10.0. The van der Waals surface area contributed by atoms with Crippen molar-refractivity contribution in [3.05, 3.63) is 11.5 Å². The maximum atomic E-state index is 5.48. The van der Waals surface area contributed by atoms with Crippen LogP contribution in [0.5, 0.6) is 0 Å². The van der Waals surface area contributed by atoms with Gasteiger partial charge in [0.15, 0.2) is 0 Å². The summed E-state index contributed by atoms with van der Waals surface area (Å²) in [6.07, 6.45) is 0. The van der Waals surface area contributed by atoms with Gasteiger partial charge in [-0.1, -0.05) is 0 Å². The molecule has 0 saturated carbocycles. The molecule has 1 aromatic heterocycles. The lowest BCUT2D eigenvalue weighted by Gasteiger charge is -1.86. The standard InChI is InChI=1S/C6H10N2O/c1-3-5(7)6(8)4(2)9-3/h7-8H2,1-2H3. The van der Waals surface area contributed by atoms with Crippen LogP contribution < -0.4 is 11.5 Å². The molecule has 0 fully saturated rings. The quantitative estimate of drug-likeness (QED) is 0.546. The Balaban J connectivity index is 3.29. The molecule has 4 N–H and O–H groups in total. The summed E-state index contributed by atoms with van der Waals surface area (Å²) in [6, 6.07) is 0. The van der Waals surface area contributed by atoms with Crippen molar-refractivity contribution in [3.8, 4) is 0 Å². The van der Waals surface area contributed by atoms with Gasteiger partial charge in [0.25, 0.3) is 0 Å². The fraction of sp³-hybridized carbons (Fsp3) is 0.333. The second-order valence-corrected chi connectivity index (χ2v) is 2.04. The maximum Gasteiger partial charge on any atom is 0.126 e. The average molecular weight is 126 g/mol. The van der Waals surface area contributed by atoms with Crippen molar-refractivity contribution in [3.63, 3.8) is 0 Å². The molecule has 0 aliphatic heterocycles. The Bertz CT molecular complexity index is 205. The molecule has 1 rings (SSSR count). The lowest BCUT2D eigenvalue weighted by atomic mass is 10.3. The fourth-order valence-corrected chi connectivity index (χ4v) is 0.719. The molecule has 0 radical (unpaired) electrons. The Labute approximate surface area is 53.6 Å². The van der Waals surface area contributed by atoms with E-state index < -0.39 is 0 Å². The molecule has 0 spiro atoms. The highest BCUT2D eigenvalue weighted by Gasteiger charge is 2.06. The molecule has 0 aromatic carbocycles. The SMILES string of the molecule is Cc1oc(C)c(N)c1N. The van der Waals surface area contributed by atoms with Crippen molar-refractivity contribution >= 4 is 11.4 Å². The van der Waals surface area contributed by atoms with Crippen molar-refractivity contribution in [2.75, 3.05) is 11.5 Å². The van der Waals surface area contributed by atoms with E-state index in [4.69, 9.17) is 15.9 Å². The Morgan fingerprint density at radius 3 is 1.44 bits per heavy atom. The molecular weight excluding hydrogens is 116 g/mol. The molecule has 0 aliphatic carbocycles. The van der Waals surface area contributed by atoms with Crippen LogP contribution in [0.3, 0.4) is 0 Å². The van der Waals surface area contributed by atoms with E-state index in [2.05, 4.69) is 0 Å². The minimum Gasteiger partial charge on any atom is -0.462 e. The highest BCUT2D eigenvalue weighted by molar-refractivity contribution is 5.67. The predicted molar refractivity (Wildman–Crippen MR) is 37.0 cm³/mol. The number of aryl methyl sites for hydroxylation is 2. The summed E-state index contributed by atoms with van der Waals surface area (Å²) in [7, 11) is 0. The molecule has 0 bridgehead atoms. The third kappa shape index (κ3) is 0.740. The number of rotatable bonds is 0. The Kier molecular flexibility index (Phi) is 1.12. The lowest BCUT2D eigenvalue weighted by molar-refractivity contribution is 0.507. The first-order chi connectivity index (χ1) is 4.13. The Morgan fingerprint density at radius 1 is 1.00 bits per heavy atom. The molecule has 9 heavy (non-hydrogen) atoms. The maximum absolute atomic E-state index is 5.48. The molecule has 0 amide bonds. The monoisotopic (exact) mass is 126 g/mol. The van der Waals surface area contributed by atoms with Gasteiger partial charge in [-0.15, -0.1) is 0 Å². The lowest BCUT2D eigenvalue weighted by Crippen LogP contribution is -1.91. The number of hydrogen-bond donors (Lipinski definition) is 2. The zero-order chi connectivity index (χ0) is 7.02. The third-order valence-corrected chi connectivity index (χ3v) is 1.35. The summed E-state index contributed by atoms with van der Waals surface area (Å²) in [5.74, 6) is 1.40. The van der Waals surface area contributed by atoms with Crippen LogP contribution in [0.2, 0.25) is 0 Å². The topological polar surface area (TPSA) is 65.2 Å². The zero-order valence-corrected chi connectivity index (χ0v) is 5.56.